The molecule has 0 radical (unpaired) electrons. The van der Waals surface area contributed by atoms with Crippen LogP contribution in [-0.2, 0) is 89.9 Å². The fourth-order valence-electron chi connectivity index (χ4n) is 9.11. The van der Waals surface area contributed by atoms with Crippen molar-refractivity contribution < 1.29 is 0 Å². The van der Waals surface area contributed by atoms with Crippen molar-refractivity contribution in [1.29, 1.82) is 0 Å². The second-order valence-electron chi connectivity index (χ2n) is 16.8. The Balaban J connectivity index is 0.000000101. The van der Waals surface area contributed by atoms with Crippen LogP contribution in [0.25, 0.3) is 0 Å². The highest BCUT2D eigenvalue weighted by Gasteiger charge is 2.14. The van der Waals surface area contributed by atoms with E-state index in [1.807, 2.05) is 60.1 Å². The van der Waals surface area contributed by atoms with Gasteiger partial charge in [-0.25, -0.2) is 15.0 Å². The van der Waals surface area contributed by atoms with Gasteiger partial charge in [0.2, 0.25) is 0 Å². The average Bonchev–Trinajstić information content (AvgIpc) is 4.21. The van der Waals surface area contributed by atoms with Gasteiger partial charge >= 0.3 is 0 Å². The zero-order chi connectivity index (χ0) is 42.7. The first kappa shape index (κ1) is 43.9. The molecule has 14 rings (SSSR count). The van der Waals surface area contributed by atoms with Gasteiger partial charge in [0.15, 0.2) is 0 Å². The first-order valence-corrected chi connectivity index (χ1v) is 24.0. The van der Waals surface area contributed by atoms with Crippen LogP contribution in [0.15, 0.2) is 91.9 Å². The summed E-state index contributed by atoms with van der Waals surface area (Å²) in [5.74, 6) is 0. The Labute approximate surface area is 376 Å². The molecule has 0 aliphatic heterocycles. The van der Waals surface area contributed by atoms with Gasteiger partial charge in [-0.2, -0.15) is 20.4 Å². The molecular formula is C51H59N11S. The highest BCUT2D eigenvalue weighted by Crippen LogP contribution is 2.24. The summed E-state index contributed by atoms with van der Waals surface area (Å²) in [5.41, 5.74) is 19.5. The summed E-state index contributed by atoms with van der Waals surface area (Å²) in [4.78, 5) is 30.6. The molecule has 0 bridgehead atoms. The van der Waals surface area contributed by atoms with Gasteiger partial charge in [-0.1, -0.05) is 6.07 Å². The first-order valence-electron chi connectivity index (χ1n) is 23.2. The van der Waals surface area contributed by atoms with E-state index in [2.05, 4.69) is 73.5 Å². The van der Waals surface area contributed by atoms with Crippen molar-refractivity contribution in [3.05, 3.63) is 170 Å². The van der Waals surface area contributed by atoms with Gasteiger partial charge in [0, 0.05) is 59.6 Å². The van der Waals surface area contributed by atoms with Gasteiger partial charge in [-0.05, 0) is 198 Å². The van der Waals surface area contributed by atoms with E-state index in [1.54, 1.807) is 24.9 Å². The number of hydrogen-bond donors (Lipinski definition) is 0. The lowest BCUT2D eigenvalue weighted by atomic mass is 10.0. The summed E-state index contributed by atoms with van der Waals surface area (Å²) in [5, 5.41) is 15.4. The van der Waals surface area contributed by atoms with Crippen LogP contribution in [0.5, 0.6) is 0 Å². The van der Waals surface area contributed by atoms with Crippen molar-refractivity contribution in [3.8, 4) is 0 Å². The summed E-state index contributed by atoms with van der Waals surface area (Å²) in [6.45, 7) is 0. The number of fused-ring (bicyclic) bond motifs is 7. The predicted octanol–water partition coefficient (Wildman–Crippen LogP) is 9.02. The smallest absolute Gasteiger partial charge is 0.115 e. The third-order valence-electron chi connectivity index (χ3n) is 12.5. The molecule has 0 N–H and O–H groups in total. The lowest BCUT2D eigenvalue weighted by Gasteiger charge is -2.06. The number of nitrogens with zero attached hydrogens (tertiary/aromatic N) is 11. The maximum Gasteiger partial charge on any atom is 0.115 e. The average molecular weight is 858 g/mol. The number of pyridine rings is 2. The molecule has 7 aromatic rings. The lowest BCUT2D eigenvalue weighted by Crippen LogP contribution is -1.98. The minimum Gasteiger partial charge on any atom is -0.264 e. The van der Waals surface area contributed by atoms with Gasteiger partial charge < -0.3 is 0 Å². The molecule has 0 fully saturated rings. The van der Waals surface area contributed by atoms with Crippen molar-refractivity contribution in [2.24, 2.45) is 0 Å². The molecule has 11 nitrogen and oxygen atoms in total. The second kappa shape index (κ2) is 23.6. The maximum absolute atomic E-state index is 4.28. The zero-order valence-corrected chi connectivity index (χ0v) is 37.4. The van der Waals surface area contributed by atoms with E-state index in [-0.39, 0.29) is 0 Å². The molecule has 0 aromatic carbocycles. The summed E-state index contributed by atoms with van der Waals surface area (Å²) < 4.78 is 0. The fourth-order valence-corrected chi connectivity index (χ4v) is 9.97. The Bertz CT molecular complexity index is 1940. The highest BCUT2D eigenvalue weighted by molar-refractivity contribution is 7.09. The number of aromatic nitrogens is 11. The van der Waals surface area contributed by atoms with Crippen molar-refractivity contribution in [1.82, 2.24) is 55.3 Å². The molecule has 324 valence electrons. The van der Waals surface area contributed by atoms with Crippen LogP contribution >= 0.6 is 11.3 Å². The molecule has 7 aliphatic rings. The van der Waals surface area contributed by atoms with Gasteiger partial charge in [-0.3, -0.25) is 19.9 Å². The molecule has 0 amide bonds. The number of rotatable bonds is 0. The molecule has 7 aromatic heterocycles. The fraction of sp³-hybridized carbons (Fsp3) is 0.431. The summed E-state index contributed by atoms with van der Waals surface area (Å²) >= 11 is 1.81. The third-order valence-corrected chi connectivity index (χ3v) is 13.4. The minimum absolute atomic E-state index is 1.13. The van der Waals surface area contributed by atoms with Gasteiger partial charge in [0.1, 0.15) is 6.33 Å². The summed E-state index contributed by atoms with van der Waals surface area (Å²) in [7, 11) is 0. The van der Waals surface area contributed by atoms with E-state index in [4.69, 9.17) is 0 Å². The molecule has 63 heavy (non-hydrogen) atoms. The van der Waals surface area contributed by atoms with Crippen molar-refractivity contribution in [3.63, 3.8) is 0 Å². The van der Waals surface area contributed by atoms with E-state index in [9.17, 15) is 0 Å². The molecule has 7 aliphatic carbocycles. The second-order valence-corrected chi connectivity index (χ2v) is 17.7. The van der Waals surface area contributed by atoms with Crippen molar-refractivity contribution in [2.45, 2.75) is 141 Å². The third kappa shape index (κ3) is 12.9. The van der Waals surface area contributed by atoms with Gasteiger partial charge in [0.05, 0.1) is 40.7 Å². The quantitative estimate of drug-likeness (QED) is 0.144. The van der Waals surface area contributed by atoms with E-state index in [0.29, 0.717) is 0 Å². The topological polar surface area (TPSA) is 142 Å². The molecule has 0 saturated heterocycles. The van der Waals surface area contributed by atoms with Crippen LogP contribution in [0.2, 0.25) is 0 Å². The standard InChI is InChI=1S/2C8H9N.4C7H8N2.C7H9NS/c1-3-7-4-2-6-9-8(7)5-1;1-2-7-4-5-9-6-8(7)3-1;1-2-6-4-8-5-9-7(6)3-1;1-2-6-4-8-9-5-7(6)3-1;1-2-6-7(3-1)9-5-4-8-6;1-2-6-4-5-8-9-7(6)3-1;1-2-4-7-6(3-1)8-5-9-7/h2,4,6H,1,3,5H2;4-6H,1-3H2;4*4-5H,1-3H2;5H,1-4H2. The van der Waals surface area contributed by atoms with Crippen LogP contribution in [0, 0.1) is 0 Å². The lowest BCUT2D eigenvalue weighted by molar-refractivity contribution is 0.682. The Hall–Kier alpha value is -5.75. The Kier molecular flexibility index (Phi) is 16.5. The first-order chi connectivity index (χ1) is 31.3. The van der Waals surface area contributed by atoms with Crippen LogP contribution in [0.4, 0.5) is 0 Å². The summed E-state index contributed by atoms with van der Waals surface area (Å²) in [6.07, 6.45) is 45.5. The maximum atomic E-state index is 4.28. The van der Waals surface area contributed by atoms with Gasteiger partial charge in [0.25, 0.3) is 0 Å². The monoisotopic (exact) mass is 857 g/mol. The molecule has 12 heteroatoms. The number of aryl methyl sites for hydroxylation is 14. The molecule has 0 saturated carbocycles. The van der Waals surface area contributed by atoms with Crippen LogP contribution in [0.1, 0.15) is 129 Å². The number of thiazole rings is 1. The van der Waals surface area contributed by atoms with E-state index >= 15 is 0 Å². The number of hydrogen-bond acceptors (Lipinski definition) is 12. The molecule has 0 spiro atoms. The molecule has 0 unspecified atom stereocenters. The van der Waals surface area contributed by atoms with E-state index in [1.165, 1.54) is 194 Å². The van der Waals surface area contributed by atoms with E-state index < -0.39 is 0 Å². The van der Waals surface area contributed by atoms with Gasteiger partial charge in [-0.15, -0.1) is 11.3 Å². The van der Waals surface area contributed by atoms with Crippen molar-refractivity contribution >= 4 is 11.3 Å². The molecular weight excluding hydrogens is 799 g/mol. The van der Waals surface area contributed by atoms with Crippen LogP contribution in [-0.4, -0.2) is 55.3 Å². The van der Waals surface area contributed by atoms with Crippen molar-refractivity contribution in [2.75, 3.05) is 0 Å². The molecule has 0 atom stereocenters. The highest BCUT2D eigenvalue weighted by atomic mass is 32.1. The molecule has 7 heterocycles. The predicted molar refractivity (Wildman–Crippen MR) is 248 cm³/mol. The summed E-state index contributed by atoms with van der Waals surface area (Å²) in [6, 6.07) is 8.39. The van der Waals surface area contributed by atoms with E-state index in [0.717, 1.165) is 25.7 Å². The van der Waals surface area contributed by atoms with Crippen LogP contribution in [0.3, 0.4) is 0 Å². The Morgan fingerprint density at radius 2 is 0.873 bits per heavy atom. The van der Waals surface area contributed by atoms with Crippen LogP contribution < -0.4 is 0 Å². The SMILES string of the molecule is c1cc2c(cn1)CCC2.c1cc2c(nn1)CCC2.c1cnc2c(c1)CCC2.c1cnc2c(n1)CCC2.c1nc2c(s1)CCCC2.c1ncc2c(n1)CCC2.c1nncc2c1CCC2. The minimum atomic E-state index is 1.13. The Morgan fingerprint density at radius 3 is 1.57 bits per heavy atom. The largest absolute Gasteiger partial charge is 0.264 e. The zero-order valence-electron chi connectivity index (χ0n) is 36.5. The Morgan fingerprint density at radius 1 is 0.333 bits per heavy atom. The normalized spacial score (nSPS) is 15.8.